The van der Waals surface area contributed by atoms with E-state index in [2.05, 4.69) is 37.8 Å². The van der Waals surface area contributed by atoms with E-state index in [0.717, 1.165) is 30.1 Å². The number of H-pyrrole nitrogens is 1. The van der Waals surface area contributed by atoms with Crippen molar-refractivity contribution in [1.29, 1.82) is 0 Å². The Kier molecular flexibility index (Phi) is 3.89. The molecule has 3 N–H and O–H groups in total. The minimum absolute atomic E-state index is 0.680. The van der Waals surface area contributed by atoms with Gasteiger partial charge >= 0.3 is 0 Å². The van der Waals surface area contributed by atoms with Gasteiger partial charge in [0.1, 0.15) is 5.82 Å². The number of hydrogen-bond acceptors (Lipinski definition) is 3. The molecule has 0 fully saturated rings. The highest BCUT2D eigenvalue weighted by Crippen LogP contribution is 2.16. The molecule has 4 nitrogen and oxygen atoms in total. The maximum atomic E-state index is 5.45. The molecule has 0 aliphatic carbocycles. The molecule has 0 bridgehead atoms. The third kappa shape index (κ3) is 2.79. The quantitative estimate of drug-likeness (QED) is 0.843. The number of aryl methyl sites for hydroxylation is 1. The summed E-state index contributed by atoms with van der Waals surface area (Å²) < 4.78 is 1.21. The molecule has 0 unspecified atom stereocenters. The molecule has 0 atom stereocenters. The van der Waals surface area contributed by atoms with Crippen molar-refractivity contribution in [3.8, 4) is 11.4 Å². The molecule has 2 aromatic rings. The summed E-state index contributed by atoms with van der Waals surface area (Å²) in [4.78, 5) is 4.42. The lowest BCUT2D eigenvalue weighted by Gasteiger charge is -1.94. The van der Waals surface area contributed by atoms with Gasteiger partial charge in [-0.25, -0.2) is 4.98 Å². The fourth-order valence-electron chi connectivity index (χ4n) is 1.40. The second-order valence-corrected chi connectivity index (χ2v) is 4.75. The SMILES string of the molecule is NCCCc1nc(-c2ccc(I)cc2)n[nH]1. The fourth-order valence-corrected chi connectivity index (χ4v) is 1.76. The van der Waals surface area contributed by atoms with Gasteiger partial charge in [-0.15, -0.1) is 0 Å². The zero-order valence-electron chi connectivity index (χ0n) is 8.78. The maximum Gasteiger partial charge on any atom is 0.181 e. The van der Waals surface area contributed by atoms with E-state index in [1.807, 2.05) is 24.3 Å². The van der Waals surface area contributed by atoms with Crippen molar-refractivity contribution in [2.75, 3.05) is 6.54 Å². The number of nitrogens with one attached hydrogen (secondary N) is 1. The first kappa shape index (κ1) is 11.5. The average molecular weight is 328 g/mol. The third-order valence-electron chi connectivity index (χ3n) is 2.25. The van der Waals surface area contributed by atoms with Gasteiger partial charge in [0.15, 0.2) is 5.82 Å². The highest BCUT2D eigenvalue weighted by Gasteiger charge is 2.04. The molecule has 5 heteroatoms. The number of hydrogen-bond donors (Lipinski definition) is 2. The normalized spacial score (nSPS) is 10.6. The standard InChI is InChI=1S/C11H13IN4/c12-9-5-3-8(4-6-9)11-14-10(15-16-11)2-1-7-13/h3-6H,1-2,7,13H2,(H,14,15,16). The molecule has 0 saturated carbocycles. The van der Waals surface area contributed by atoms with E-state index >= 15 is 0 Å². The molecule has 2 rings (SSSR count). The summed E-state index contributed by atoms with van der Waals surface area (Å²) in [5.41, 5.74) is 6.49. The summed E-state index contributed by atoms with van der Waals surface area (Å²) in [7, 11) is 0. The lowest BCUT2D eigenvalue weighted by atomic mass is 10.2. The first-order valence-corrected chi connectivity index (χ1v) is 6.25. The third-order valence-corrected chi connectivity index (χ3v) is 2.97. The molecule has 1 aromatic carbocycles. The molecule has 0 spiro atoms. The Hall–Kier alpha value is -0.950. The summed E-state index contributed by atoms with van der Waals surface area (Å²) in [6.07, 6.45) is 1.79. The lowest BCUT2D eigenvalue weighted by Crippen LogP contribution is -2.01. The van der Waals surface area contributed by atoms with Crippen LogP contribution in [0.2, 0.25) is 0 Å². The van der Waals surface area contributed by atoms with Gasteiger partial charge in [-0.3, -0.25) is 5.10 Å². The predicted octanol–water partition coefficient (Wildman–Crippen LogP) is 1.97. The molecule has 0 saturated heterocycles. The number of benzene rings is 1. The van der Waals surface area contributed by atoms with E-state index in [4.69, 9.17) is 5.73 Å². The number of rotatable bonds is 4. The van der Waals surface area contributed by atoms with Crippen molar-refractivity contribution in [1.82, 2.24) is 15.2 Å². The molecule has 0 aliphatic heterocycles. The second kappa shape index (κ2) is 5.40. The molecule has 1 heterocycles. The van der Waals surface area contributed by atoms with Gasteiger partial charge in [-0.05, 0) is 47.7 Å². The molecule has 0 aliphatic rings. The monoisotopic (exact) mass is 328 g/mol. The number of halogens is 1. The van der Waals surface area contributed by atoms with Crippen molar-refractivity contribution in [3.05, 3.63) is 33.7 Å². The molecular formula is C11H13IN4. The lowest BCUT2D eigenvalue weighted by molar-refractivity contribution is 0.785. The number of aromatic nitrogens is 3. The van der Waals surface area contributed by atoms with Crippen LogP contribution < -0.4 is 5.73 Å². The highest BCUT2D eigenvalue weighted by atomic mass is 127. The van der Waals surface area contributed by atoms with Crippen LogP contribution in [0, 0.1) is 3.57 Å². The van der Waals surface area contributed by atoms with Crippen LogP contribution in [0.4, 0.5) is 0 Å². The van der Waals surface area contributed by atoms with E-state index in [1.165, 1.54) is 3.57 Å². The zero-order valence-corrected chi connectivity index (χ0v) is 10.9. The first-order chi connectivity index (χ1) is 7.79. The van der Waals surface area contributed by atoms with Crippen LogP contribution in [0.15, 0.2) is 24.3 Å². The Labute approximate surface area is 108 Å². The van der Waals surface area contributed by atoms with E-state index < -0.39 is 0 Å². The van der Waals surface area contributed by atoms with Crippen LogP contribution in [-0.2, 0) is 6.42 Å². The molecule has 0 radical (unpaired) electrons. The second-order valence-electron chi connectivity index (χ2n) is 3.50. The summed E-state index contributed by atoms with van der Waals surface area (Å²) in [6.45, 7) is 0.680. The van der Waals surface area contributed by atoms with Crippen molar-refractivity contribution in [2.24, 2.45) is 5.73 Å². The van der Waals surface area contributed by atoms with Crippen molar-refractivity contribution >= 4 is 22.6 Å². The molecule has 0 amide bonds. The van der Waals surface area contributed by atoms with Gasteiger partial charge in [0.2, 0.25) is 0 Å². The van der Waals surface area contributed by atoms with Crippen LogP contribution >= 0.6 is 22.6 Å². The van der Waals surface area contributed by atoms with Gasteiger partial charge in [0, 0.05) is 15.6 Å². The Balaban J connectivity index is 2.15. The topological polar surface area (TPSA) is 67.6 Å². The van der Waals surface area contributed by atoms with Crippen molar-refractivity contribution < 1.29 is 0 Å². The Bertz CT molecular complexity index is 449. The molecule has 84 valence electrons. The maximum absolute atomic E-state index is 5.45. The van der Waals surface area contributed by atoms with Gasteiger partial charge in [0.25, 0.3) is 0 Å². The molecule has 1 aromatic heterocycles. The Morgan fingerprint density at radius 1 is 1.25 bits per heavy atom. The van der Waals surface area contributed by atoms with E-state index in [0.29, 0.717) is 6.54 Å². The molecular weight excluding hydrogens is 315 g/mol. The summed E-state index contributed by atoms with van der Waals surface area (Å²) in [6, 6.07) is 8.15. The summed E-state index contributed by atoms with van der Waals surface area (Å²) in [5.74, 6) is 1.66. The largest absolute Gasteiger partial charge is 0.330 e. The van der Waals surface area contributed by atoms with Crippen LogP contribution in [-0.4, -0.2) is 21.7 Å². The van der Waals surface area contributed by atoms with E-state index in [9.17, 15) is 0 Å². The Morgan fingerprint density at radius 3 is 2.69 bits per heavy atom. The van der Waals surface area contributed by atoms with Crippen LogP contribution in [0.25, 0.3) is 11.4 Å². The van der Waals surface area contributed by atoms with Gasteiger partial charge in [-0.1, -0.05) is 12.1 Å². The number of nitrogens with two attached hydrogens (primary N) is 1. The molecule has 16 heavy (non-hydrogen) atoms. The van der Waals surface area contributed by atoms with E-state index in [1.54, 1.807) is 0 Å². The van der Waals surface area contributed by atoms with E-state index in [-0.39, 0.29) is 0 Å². The minimum atomic E-state index is 0.680. The minimum Gasteiger partial charge on any atom is -0.330 e. The zero-order chi connectivity index (χ0) is 11.4. The smallest absolute Gasteiger partial charge is 0.181 e. The fraction of sp³-hybridized carbons (Fsp3) is 0.273. The van der Waals surface area contributed by atoms with Crippen LogP contribution in [0.5, 0.6) is 0 Å². The number of aromatic amines is 1. The Morgan fingerprint density at radius 2 is 2.00 bits per heavy atom. The predicted molar refractivity (Wildman–Crippen MR) is 71.9 cm³/mol. The van der Waals surface area contributed by atoms with Gasteiger partial charge in [-0.2, -0.15) is 5.10 Å². The highest BCUT2D eigenvalue weighted by molar-refractivity contribution is 14.1. The van der Waals surface area contributed by atoms with Crippen LogP contribution in [0.1, 0.15) is 12.2 Å². The van der Waals surface area contributed by atoms with Gasteiger partial charge in [0.05, 0.1) is 0 Å². The van der Waals surface area contributed by atoms with Crippen molar-refractivity contribution in [2.45, 2.75) is 12.8 Å². The van der Waals surface area contributed by atoms with Crippen LogP contribution in [0.3, 0.4) is 0 Å². The summed E-state index contributed by atoms with van der Waals surface area (Å²) >= 11 is 2.28. The van der Waals surface area contributed by atoms with Crippen molar-refractivity contribution in [3.63, 3.8) is 0 Å². The summed E-state index contributed by atoms with van der Waals surface area (Å²) in [5, 5.41) is 7.12. The van der Waals surface area contributed by atoms with Gasteiger partial charge < -0.3 is 5.73 Å². The number of nitrogens with zero attached hydrogens (tertiary/aromatic N) is 2. The average Bonchev–Trinajstić information content (AvgIpc) is 2.76. The first-order valence-electron chi connectivity index (χ1n) is 5.17.